The Balaban J connectivity index is 1.88. The van der Waals surface area contributed by atoms with Gasteiger partial charge in [-0.25, -0.2) is 4.79 Å². The molecule has 0 unspecified atom stereocenters. The molecule has 28 heavy (non-hydrogen) atoms. The van der Waals surface area contributed by atoms with E-state index in [4.69, 9.17) is 4.74 Å². The zero-order valence-corrected chi connectivity index (χ0v) is 15.2. The molecule has 1 aliphatic heterocycles. The molecular weight excluding hydrogens is 364 g/mol. The van der Waals surface area contributed by atoms with E-state index in [9.17, 15) is 19.7 Å². The Morgan fingerprint density at radius 1 is 1.14 bits per heavy atom. The Labute approximate surface area is 160 Å². The molecule has 0 aliphatic carbocycles. The van der Waals surface area contributed by atoms with Gasteiger partial charge in [0, 0.05) is 23.5 Å². The number of hydrogen-bond donors (Lipinski definition) is 3. The number of amides is 3. The lowest BCUT2D eigenvalue weighted by Crippen LogP contribution is -2.45. The van der Waals surface area contributed by atoms with Crippen LogP contribution in [0.25, 0.3) is 0 Å². The highest BCUT2D eigenvalue weighted by Crippen LogP contribution is 2.29. The number of hydrogen-bond acceptors (Lipinski definition) is 5. The molecule has 144 valence electrons. The lowest BCUT2D eigenvalue weighted by Gasteiger charge is -2.28. The van der Waals surface area contributed by atoms with E-state index < -0.39 is 22.9 Å². The molecule has 3 rings (SSSR count). The fraction of sp³-hybridized carbons (Fsp3) is 0.158. The van der Waals surface area contributed by atoms with Crippen LogP contribution in [0.5, 0.6) is 5.75 Å². The van der Waals surface area contributed by atoms with Crippen LogP contribution >= 0.6 is 0 Å². The number of urea groups is 1. The van der Waals surface area contributed by atoms with Gasteiger partial charge in [0.1, 0.15) is 5.75 Å². The second-order valence-electron chi connectivity index (χ2n) is 6.10. The summed E-state index contributed by atoms with van der Waals surface area (Å²) in [5, 5.41) is 18.8. The van der Waals surface area contributed by atoms with Gasteiger partial charge in [-0.2, -0.15) is 0 Å². The topological polar surface area (TPSA) is 123 Å². The molecule has 1 heterocycles. The number of nitrogens with one attached hydrogen (secondary N) is 3. The zero-order chi connectivity index (χ0) is 20.3. The number of nitrogens with zero attached hydrogens (tertiary/aromatic N) is 1. The summed E-state index contributed by atoms with van der Waals surface area (Å²) >= 11 is 0. The van der Waals surface area contributed by atoms with Crippen LogP contribution in [0.2, 0.25) is 0 Å². The van der Waals surface area contributed by atoms with Crippen molar-refractivity contribution < 1.29 is 19.2 Å². The van der Waals surface area contributed by atoms with Crippen LogP contribution in [0.4, 0.5) is 16.2 Å². The minimum atomic E-state index is -0.655. The lowest BCUT2D eigenvalue weighted by atomic mass is 9.94. The van der Waals surface area contributed by atoms with E-state index in [-0.39, 0.29) is 5.69 Å². The molecule has 9 nitrogen and oxygen atoms in total. The quantitative estimate of drug-likeness (QED) is 0.542. The summed E-state index contributed by atoms with van der Waals surface area (Å²) in [4.78, 5) is 35.1. The van der Waals surface area contributed by atoms with Gasteiger partial charge in [-0.3, -0.25) is 14.9 Å². The fourth-order valence-electron chi connectivity index (χ4n) is 2.91. The maximum atomic E-state index is 12.9. The first-order valence-electron chi connectivity index (χ1n) is 8.37. The molecule has 0 bridgehead atoms. The van der Waals surface area contributed by atoms with Gasteiger partial charge in [-0.05, 0) is 36.8 Å². The van der Waals surface area contributed by atoms with Crippen molar-refractivity contribution in [2.24, 2.45) is 0 Å². The highest BCUT2D eigenvalue weighted by atomic mass is 16.6. The number of ether oxygens (including phenoxy) is 1. The van der Waals surface area contributed by atoms with E-state index in [1.807, 2.05) is 0 Å². The Morgan fingerprint density at radius 2 is 1.79 bits per heavy atom. The number of anilines is 1. The smallest absolute Gasteiger partial charge is 0.319 e. The molecule has 0 radical (unpaired) electrons. The summed E-state index contributed by atoms with van der Waals surface area (Å²) in [6, 6.07) is 11.4. The molecule has 1 aliphatic rings. The van der Waals surface area contributed by atoms with Gasteiger partial charge in [0.15, 0.2) is 0 Å². The normalized spacial score (nSPS) is 16.1. The van der Waals surface area contributed by atoms with Crippen LogP contribution in [0.3, 0.4) is 0 Å². The number of benzene rings is 2. The number of nitro groups is 1. The number of carbonyl (C=O) groups is 2. The van der Waals surface area contributed by atoms with Crippen molar-refractivity contribution in [1.82, 2.24) is 10.6 Å². The Hall–Kier alpha value is -3.88. The minimum absolute atomic E-state index is 0.0731. The maximum absolute atomic E-state index is 12.9. The van der Waals surface area contributed by atoms with E-state index in [0.29, 0.717) is 28.3 Å². The predicted octanol–water partition coefficient (Wildman–Crippen LogP) is 2.87. The van der Waals surface area contributed by atoms with Crippen LogP contribution in [0.15, 0.2) is 59.8 Å². The molecule has 2 aromatic carbocycles. The summed E-state index contributed by atoms with van der Waals surface area (Å²) in [5.74, 6) is 0.223. The Kier molecular flexibility index (Phi) is 5.25. The first kappa shape index (κ1) is 18.9. The predicted molar refractivity (Wildman–Crippen MR) is 102 cm³/mol. The maximum Gasteiger partial charge on any atom is 0.319 e. The SMILES string of the molecule is COc1ccc([C@H]2NC(=O)NC(C)=C2C(=O)Nc2ccc([N+](=O)[O-])cc2)cc1. The number of allylic oxidation sites excluding steroid dienone is 1. The molecule has 0 spiro atoms. The zero-order valence-electron chi connectivity index (χ0n) is 15.2. The second kappa shape index (κ2) is 7.78. The summed E-state index contributed by atoms with van der Waals surface area (Å²) < 4.78 is 5.14. The van der Waals surface area contributed by atoms with Crippen LogP contribution in [0, 0.1) is 10.1 Å². The Bertz CT molecular complexity index is 951. The van der Waals surface area contributed by atoms with Gasteiger partial charge >= 0.3 is 6.03 Å². The first-order valence-corrected chi connectivity index (χ1v) is 8.37. The number of carbonyl (C=O) groups excluding carboxylic acids is 2. The number of rotatable bonds is 5. The molecular formula is C19H18N4O5. The van der Waals surface area contributed by atoms with Crippen LogP contribution in [-0.4, -0.2) is 24.0 Å². The van der Waals surface area contributed by atoms with E-state index in [0.717, 1.165) is 0 Å². The highest BCUT2D eigenvalue weighted by Gasteiger charge is 2.31. The first-order chi connectivity index (χ1) is 13.4. The van der Waals surface area contributed by atoms with Gasteiger partial charge < -0.3 is 20.7 Å². The van der Waals surface area contributed by atoms with E-state index in [2.05, 4.69) is 16.0 Å². The van der Waals surface area contributed by atoms with Gasteiger partial charge in [0.25, 0.3) is 11.6 Å². The molecule has 9 heteroatoms. The van der Waals surface area contributed by atoms with Gasteiger partial charge in [0.05, 0.1) is 23.6 Å². The average Bonchev–Trinajstić information content (AvgIpc) is 2.67. The van der Waals surface area contributed by atoms with Gasteiger partial charge in [-0.15, -0.1) is 0 Å². The molecule has 1 atom stereocenters. The third-order valence-electron chi connectivity index (χ3n) is 4.30. The molecule has 0 saturated heterocycles. The van der Waals surface area contributed by atoms with Crippen molar-refractivity contribution >= 4 is 23.3 Å². The third-order valence-corrected chi connectivity index (χ3v) is 4.30. The average molecular weight is 382 g/mol. The van der Waals surface area contributed by atoms with Crippen LogP contribution in [0.1, 0.15) is 18.5 Å². The summed E-state index contributed by atoms with van der Waals surface area (Å²) in [5.41, 5.74) is 1.80. The third kappa shape index (κ3) is 3.93. The van der Waals surface area contributed by atoms with Crippen molar-refractivity contribution in [3.8, 4) is 5.75 Å². The highest BCUT2D eigenvalue weighted by molar-refractivity contribution is 6.06. The summed E-state index contributed by atoms with van der Waals surface area (Å²) in [6.45, 7) is 1.64. The Morgan fingerprint density at radius 3 is 2.36 bits per heavy atom. The number of nitro benzene ring substituents is 1. The van der Waals surface area contributed by atoms with Crippen molar-refractivity contribution in [2.45, 2.75) is 13.0 Å². The van der Waals surface area contributed by atoms with Crippen LogP contribution in [-0.2, 0) is 4.79 Å². The van der Waals surface area contributed by atoms with E-state index >= 15 is 0 Å². The van der Waals surface area contributed by atoms with Gasteiger partial charge in [-0.1, -0.05) is 12.1 Å². The number of methoxy groups -OCH3 is 1. The molecule has 2 aromatic rings. The molecule has 0 saturated carbocycles. The van der Waals surface area contributed by atoms with Crippen molar-refractivity contribution in [1.29, 1.82) is 0 Å². The molecule has 0 aromatic heterocycles. The van der Waals surface area contributed by atoms with Crippen molar-refractivity contribution in [3.63, 3.8) is 0 Å². The standard InChI is InChI=1S/C19H18N4O5/c1-11-16(18(24)21-13-5-7-14(8-6-13)23(26)27)17(22-19(25)20-11)12-3-9-15(28-2)10-4-12/h3-10,17H,1-2H3,(H,21,24)(H2,20,22,25)/t17-/m1/s1. The monoisotopic (exact) mass is 382 g/mol. The van der Waals surface area contributed by atoms with E-state index in [1.54, 1.807) is 38.3 Å². The minimum Gasteiger partial charge on any atom is -0.497 e. The van der Waals surface area contributed by atoms with Crippen molar-refractivity contribution in [2.75, 3.05) is 12.4 Å². The van der Waals surface area contributed by atoms with Gasteiger partial charge in [0.2, 0.25) is 0 Å². The molecule has 3 N–H and O–H groups in total. The van der Waals surface area contributed by atoms with E-state index in [1.165, 1.54) is 24.3 Å². The summed E-state index contributed by atoms with van der Waals surface area (Å²) in [6.07, 6.45) is 0. The lowest BCUT2D eigenvalue weighted by molar-refractivity contribution is -0.384. The second-order valence-corrected chi connectivity index (χ2v) is 6.10. The van der Waals surface area contributed by atoms with Crippen LogP contribution < -0.4 is 20.7 Å². The largest absolute Gasteiger partial charge is 0.497 e. The fourth-order valence-corrected chi connectivity index (χ4v) is 2.91. The summed E-state index contributed by atoms with van der Waals surface area (Å²) in [7, 11) is 1.55. The number of non-ortho nitro benzene ring substituents is 1. The molecule has 0 fully saturated rings. The molecule has 3 amide bonds. The van der Waals surface area contributed by atoms with Crippen molar-refractivity contribution in [3.05, 3.63) is 75.5 Å².